The van der Waals surface area contributed by atoms with Crippen molar-refractivity contribution >= 4 is 11.0 Å². The molecule has 0 bridgehead atoms. The van der Waals surface area contributed by atoms with Crippen molar-refractivity contribution in [1.29, 1.82) is 0 Å². The zero-order chi connectivity index (χ0) is 12.2. The molecule has 1 fully saturated rings. The van der Waals surface area contributed by atoms with Crippen LogP contribution in [0.5, 0.6) is 0 Å². The summed E-state index contributed by atoms with van der Waals surface area (Å²) in [7, 11) is 0. The van der Waals surface area contributed by atoms with Crippen molar-refractivity contribution in [2.75, 3.05) is 26.2 Å². The molecule has 1 N–H and O–H groups in total. The summed E-state index contributed by atoms with van der Waals surface area (Å²) in [5, 5.41) is 4.73. The summed E-state index contributed by atoms with van der Waals surface area (Å²) in [6.45, 7) is 5.66. The highest BCUT2D eigenvalue weighted by Crippen LogP contribution is 2.20. The van der Waals surface area contributed by atoms with E-state index >= 15 is 0 Å². The van der Waals surface area contributed by atoms with E-state index in [9.17, 15) is 0 Å². The van der Waals surface area contributed by atoms with Crippen LogP contribution in [0.25, 0.3) is 11.0 Å². The smallest absolute Gasteiger partial charge is 0.134 e. The molecule has 3 rings (SSSR count). The van der Waals surface area contributed by atoms with Gasteiger partial charge in [0.05, 0.1) is 6.26 Å². The van der Waals surface area contributed by atoms with Gasteiger partial charge in [0.1, 0.15) is 5.58 Å². The topological polar surface area (TPSA) is 28.4 Å². The van der Waals surface area contributed by atoms with E-state index in [0.29, 0.717) is 0 Å². The number of nitrogens with one attached hydrogen (secondary N) is 1. The molecule has 1 aromatic heterocycles. The number of rotatable bonds is 5. The lowest BCUT2D eigenvalue weighted by molar-refractivity contribution is 0.335. The number of hydrogen-bond donors (Lipinski definition) is 1. The number of nitrogens with zero attached hydrogens (tertiary/aromatic N) is 1. The number of benzene rings is 1. The van der Waals surface area contributed by atoms with Crippen LogP contribution < -0.4 is 5.32 Å². The highest BCUT2D eigenvalue weighted by atomic mass is 16.3. The molecular weight excluding hydrogens is 224 g/mol. The van der Waals surface area contributed by atoms with Crippen LogP contribution in [0, 0.1) is 0 Å². The number of hydrogen-bond acceptors (Lipinski definition) is 3. The first-order valence-electron chi connectivity index (χ1n) is 6.82. The van der Waals surface area contributed by atoms with Gasteiger partial charge >= 0.3 is 0 Å². The van der Waals surface area contributed by atoms with Crippen molar-refractivity contribution in [3.05, 3.63) is 36.1 Å². The molecule has 1 aromatic carbocycles. The minimum Gasteiger partial charge on any atom is -0.464 e. The molecule has 0 aliphatic carbocycles. The normalized spacial score (nSPS) is 16.7. The molecule has 2 aromatic rings. The van der Waals surface area contributed by atoms with E-state index in [4.69, 9.17) is 4.42 Å². The predicted molar refractivity (Wildman–Crippen MR) is 73.6 cm³/mol. The summed E-state index contributed by atoms with van der Waals surface area (Å²) in [5.41, 5.74) is 2.24. The second kappa shape index (κ2) is 5.55. The Kier molecular flexibility index (Phi) is 3.62. The van der Waals surface area contributed by atoms with E-state index in [1.165, 1.54) is 36.9 Å². The zero-order valence-electron chi connectivity index (χ0n) is 10.7. The summed E-state index contributed by atoms with van der Waals surface area (Å²) in [4.78, 5) is 2.53. The van der Waals surface area contributed by atoms with Crippen LogP contribution in [0.2, 0.25) is 0 Å². The Balaban J connectivity index is 1.50. The van der Waals surface area contributed by atoms with Gasteiger partial charge < -0.3 is 14.6 Å². The molecule has 0 atom stereocenters. The molecule has 1 aliphatic rings. The van der Waals surface area contributed by atoms with Crippen LogP contribution in [0.1, 0.15) is 18.4 Å². The molecule has 0 amide bonds. The molecule has 2 heterocycles. The maximum absolute atomic E-state index is 5.53. The third kappa shape index (κ3) is 2.57. The van der Waals surface area contributed by atoms with Gasteiger partial charge in [0.2, 0.25) is 0 Å². The second-order valence-corrected chi connectivity index (χ2v) is 4.98. The van der Waals surface area contributed by atoms with Crippen LogP contribution in [-0.4, -0.2) is 31.1 Å². The molecule has 3 heteroatoms. The van der Waals surface area contributed by atoms with Crippen molar-refractivity contribution in [2.24, 2.45) is 0 Å². The summed E-state index contributed by atoms with van der Waals surface area (Å²) >= 11 is 0. The van der Waals surface area contributed by atoms with Crippen LogP contribution in [0.4, 0.5) is 0 Å². The van der Waals surface area contributed by atoms with Crippen LogP contribution in [-0.2, 0) is 6.54 Å². The van der Waals surface area contributed by atoms with Gasteiger partial charge in [-0.25, -0.2) is 0 Å². The highest BCUT2D eigenvalue weighted by Gasteiger charge is 2.10. The molecule has 96 valence electrons. The fourth-order valence-electron chi connectivity index (χ4n) is 2.64. The Bertz CT molecular complexity index is 500. The third-order valence-corrected chi connectivity index (χ3v) is 3.68. The molecule has 0 saturated carbocycles. The Hall–Kier alpha value is -1.32. The van der Waals surface area contributed by atoms with E-state index in [0.717, 1.165) is 25.2 Å². The molecule has 3 nitrogen and oxygen atoms in total. The monoisotopic (exact) mass is 244 g/mol. The molecule has 1 aliphatic heterocycles. The Morgan fingerprint density at radius 1 is 1.17 bits per heavy atom. The quantitative estimate of drug-likeness (QED) is 0.820. The molecule has 0 unspecified atom stereocenters. The maximum atomic E-state index is 5.53. The molecule has 0 spiro atoms. The van der Waals surface area contributed by atoms with E-state index in [2.05, 4.69) is 22.3 Å². The van der Waals surface area contributed by atoms with Crippen molar-refractivity contribution in [1.82, 2.24) is 10.2 Å². The lowest BCUT2D eigenvalue weighted by Gasteiger charge is -2.14. The van der Waals surface area contributed by atoms with Crippen LogP contribution in [0.3, 0.4) is 0 Å². The molecule has 0 radical (unpaired) electrons. The summed E-state index contributed by atoms with van der Waals surface area (Å²) in [5.74, 6) is 0. The summed E-state index contributed by atoms with van der Waals surface area (Å²) in [6.07, 6.45) is 4.60. The first-order chi connectivity index (χ1) is 8.93. The Morgan fingerprint density at radius 2 is 2.00 bits per heavy atom. The average molecular weight is 244 g/mol. The number of furan rings is 1. The Morgan fingerprint density at radius 3 is 2.89 bits per heavy atom. The van der Waals surface area contributed by atoms with Crippen molar-refractivity contribution in [2.45, 2.75) is 19.4 Å². The summed E-state index contributed by atoms with van der Waals surface area (Å²) < 4.78 is 5.53. The Labute approximate surface area is 108 Å². The minimum absolute atomic E-state index is 0.894. The largest absolute Gasteiger partial charge is 0.464 e. The third-order valence-electron chi connectivity index (χ3n) is 3.68. The van der Waals surface area contributed by atoms with Gasteiger partial charge in [0.25, 0.3) is 0 Å². The molecule has 1 saturated heterocycles. The van der Waals surface area contributed by atoms with Gasteiger partial charge in [-0.1, -0.05) is 18.2 Å². The van der Waals surface area contributed by atoms with E-state index < -0.39 is 0 Å². The molecular formula is C15H20N2O. The van der Waals surface area contributed by atoms with Gasteiger partial charge in [0.15, 0.2) is 0 Å². The zero-order valence-corrected chi connectivity index (χ0v) is 10.7. The second-order valence-electron chi connectivity index (χ2n) is 4.98. The number of likely N-dealkylation sites (tertiary alicyclic amines) is 1. The lowest BCUT2D eigenvalue weighted by Crippen LogP contribution is -2.29. The fraction of sp³-hybridized carbons (Fsp3) is 0.467. The SMILES string of the molecule is c1ccc2c(CNCCN3CCCC3)coc2c1. The van der Waals surface area contributed by atoms with E-state index in [-0.39, 0.29) is 0 Å². The van der Waals surface area contributed by atoms with Crippen molar-refractivity contribution in [3.63, 3.8) is 0 Å². The standard InChI is InChI=1S/C15H20N2O/c1-2-6-15-14(5-1)13(12-18-15)11-16-7-10-17-8-3-4-9-17/h1-2,5-6,12,16H,3-4,7-11H2. The average Bonchev–Trinajstić information content (AvgIpc) is 3.04. The van der Waals surface area contributed by atoms with E-state index in [1.807, 2.05) is 18.4 Å². The van der Waals surface area contributed by atoms with Crippen molar-refractivity contribution < 1.29 is 4.42 Å². The van der Waals surface area contributed by atoms with E-state index in [1.54, 1.807) is 0 Å². The van der Waals surface area contributed by atoms with Gasteiger partial charge in [0, 0.05) is 30.6 Å². The molecule has 18 heavy (non-hydrogen) atoms. The summed E-state index contributed by atoms with van der Waals surface area (Å²) in [6, 6.07) is 8.21. The maximum Gasteiger partial charge on any atom is 0.134 e. The van der Waals surface area contributed by atoms with Gasteiger partial charge in [-0.3, -0.25) is 0 Å². The first-order valence-corrected chi connectivity index (χ1v) is 6.82. The van der Waals surface area contributed by atoms with Crippen LogP contribution >= 0.6 is 0 Å². The van der Waals surface area contributed by atoms with Gasteiger partial charge in [-0.05, 0) is 32.0 Å². The van der Waals surface area contributed by atoms with Crippen LogP contribution in [0.15, 0.2) is 34.9 Å². The minimum atomic E-state index is 0.894. The van der Waals surface area contributed by atoms with Crippen molar-refractivity contribution in [3.8, 4) is 0 Å². The fourth-order valence-corrected chi connectivity index (χ4v) is 2.64. The van der Waals surface area contributed by atoms with Gasteiger partial charge in [-0.15, -0.1) is 0 Å². The number of fused-ring (bicyclic) bond motifs is 1. The van der Waals surface area contributed by atoms with Gasteiger partial charge in [-0.2, -0.15) is 0 Å². The predicted octanol–water partition coefficient (Wildman–Crippen LogP) is 2.62. The lowest BCUT2D eigenvalue weighted by atomic mass is 10.2. The highest BCUT2D eigenvalue weighted by molar-refractivity contribution is 5.80. The number of para-hydroxylation sites is 1. The first kappa shape index (κ1) is 11.8.